The molecule has 0 unspecified atom stereocenters. The van der Waals surface area contributed by atoms with Gasteiger partial charge < -0.3 is 11.1 Å². The fraction of sp³-hybridized carbons (Fsp3) is 0.188. The molecule has 0 aromatic heterocycles. The molecule has 0 heterocycles. The highest BCUT2D eigenvalue weighted by Crippen LogP contribution is 2.20. The number of carbonyl (C=O) groups is 1. The van der Waals surface area contributed by atoms with Gasteiger partial charge in [0.1, 0.15) is 0 Å². The Labute approximate surface area is 123 Å². The van der Waals surface area contributed by atoms with E-state index < -0.39 is 0 Å². The lowest BCUT2D eigenvalue weighted by Crippen LogP contribution is -2.12. The molecule has 0 atom stereocenters. The maximum Gasteiger partial charge on any atom is 0.257 e. The van der Waals surface area contributed by atoms with E-state index in [0.717, 1.165) is 18.5 Å². The van der Waals surface area contributed by atoms with Gasteiger partial charge in [-0.05, 0) is 42.3 Å². The maximum absolute atomic E-state index is 12.1. The van der Waals surface area contributed by atoms with Crippen molar-refractivity contribution < 1.29 is 4.79 Å². The molecule has 4 heteroatoms. The lowest BCUT2D eigenvalue weighted by Gasteiger charge is -2.08. The number of carbonyl (C=O) groups excluding carboxylic acids is 1. The van der Waals surface area contributed by atoms with Crippen LogP contribution in [0, 0.1) is 0 Å². The second-order valence-corrected chi connectivity index (χ2v) is 5.05. The minimum atomic E-state index is -0.238. The molecule has 0 bridgehead atoms. The standard InChI is InChI=1S/C16H17ClN2O/c1-2-3-11-4-7-13(8-5-11)19-16(20)14-9-6-12(18)10-15(14)17/h4-10H,2-3,18H2,1H3,(H,19,20). The van der Waals surface area contributed by atoms with E-state index in [1.54, 1.807) is 18.2 Å². The quantitative estimate of drug-likeness (QED) is 0.831. The number of halogens is 1. The minimum Gasteiger partial charge on any atom is -0.399 e. The molecule has 104 valence electrons. The Balaban J connectivity index is 2.11. The third-order valence-corrected chi connectivity index (χ3v) is 3.30. The third kappa shape index (κ3) is 3.52. The second-order valence-electron chi connectivity index (χ2n) is 4.64. The predicted molar refractivity (Wildman–Crippen MR) is 84.3 cm³/mol. The molecule has 0 aliphatic carbocycles. The lowest BCUT2D eigenvalue weighted by molar-refractivity contribution is 0.102. The van der Waals surface area contributed by atoms with E-state index in [1.165, 1.54) is 5.56 Å². The third-order valence-electron chi connectivity index (χ3n) is 2.99. The van der Waals surface area contributed by atoms with E-state index in [9.17, 15) is 4.79 Å². The summed E-state index contributed by atoms with van der Waals surface area (Å²) in [5.74, 6) is -0.238. The molecular formula is C16H17ClN2O. The van der Waals surface area contributed by atoms with Gasteiger partial charge in [-0.1, -0.05) is 37.1 Å². The van der Waals surface area contributed by atoms with Crippen LogP contribution in [0.2, 0.25) is 5.02 Å². The van der Waals surface area contributed by atoms with Crippen molar-refractivity contribution in [2.24, 2.45) is 0 Å². The number of nitrogens with two attached hydrogens (primary N) is 1. The van der Waals surface area contributed by atoms with E-state index in [-0.39, 0.29) is 5.91 Å². The van der Waals surface area contributed by atoms with Crippen molar-refractivity contribution in [2.45, 2.75) is 19.8 Å². The predicted octanol–water partition coefficient (Wildman–Crippen LogP) is 4.13. The Bertz CT molecular complexity index is 608. The molecule has 3 nitrogen and oxygen atoms in total. The van der Waals surface area contributed by atoms with Gasteiger partial charge in [0, 0.05) is 11.4 Å². The van der Waals surface area contributed by atoms with Gasteiger partial charge in [0.15, 0.2) is 0 Å². The van der Waals surface area contributed by atoms with Crippen molar-refractivity contribution in [1.82, 2.24) is 0 Å². The van der Waals surface area contributed by atoms with Crippen LogP contribution >= 0.6 is 11.6 Å². The number of amides is 1. The zero-order valence-electron chi connectivity index (χ0n) is 11.3. The maximum atomic E-state index is 12.1. The average molecular weight is 289 g/mol. The van der Waals surface area contributed by atoms with Crippen LogP contribution in [0.4, 0.5) is 11.4 Å². The van der Waals surface area contributed by atoms with Crippen LogP contribution in [-0.4, -0.2) is 5.91 Å². The summed E-state index contributed by atoms with van der Waals surface area (Å²) < 4.78 is 0. The van der Waals surface area contributed by atoms with Gasteiger partial charge in [0.05, 0.1) is 10.6 Å². The monoisotopic (exact) mass is 288 g/mol. The molecule has 0 fully saturated rings. The molecule has 0 saturated carbocycles. The van der Waals surface area contributed by atoms with Gasteiger partial charge >= 0.3 is 0 Å². The first-order valence-corrected chi connectivity index (χ1v) is 6.93. The zero-order valence-corrected chi connectivity index (χ0v) is 12.1. The number of nitrogens with one attached hydrogen (secondary N) is 1. The zero-order chi connectivity index (χ0) is 14.5. The molecule has 0 aliphatic rings. The van der Waals surface area contributed by atoms with Crippen molar-refractivity contribution >= 4 is 28.9 Å². The van der Waals surface area contributed by atoms with E-state index >= 15 is 0 Å². The molecule has 2 aromatic carbocycles. The van der Waals surface area contributed by atoms with Gasteiger partial charge in [0.25, 0.3) is 5.91 Å². The normalized spacial score (nSPS) is 10.3. The summed E-state index contributed by atoms with van der Waals surface area (Å²) in [4.78, 5) is 12.1. The minimum absolute atomic E-state index is 0.238. The molecule has 20 heavy (non-hydrogen) atoms. The summed E-state index contributed by atoms with van der Waals surface area (Å²) in [7, 11) is 0. The number of rotatable bonds is 4. The molecular weight excluding hydrogens is 272 g/mol. The number of aryl methyl sites for hydroxylation is 1. The Morgan fingerprint density at radius 1 is 1.20 bits per heavy atom. The number of anilines is 2. The fourth-order valence-electron chi connectivity index (χ4n) is 1.96. The van der Waals surface area contributed by atoms with Crippen molar-refractivity contribution in [3.05, 3.63) is 58.6 Å². The lowest BCUT2D eigenvalue weighted by atomic mass is 10.1. The molecule has 2 rings (SSSR count). The summed E-state index contributed by atoms with van der Waals surface area (Å²) >= 11 is 6.02. The van der Waals surface area contributed by atoms with Crippen LogP contribution in [0.25, 0.3) is 0 Å². The highest BCUT2D eigenvalue weighted by Gasteiger charge is 2.10. The van der Waals surface area contributed by atoms with Crippen molar-refractivity contribution in [3.63, 3.8) is 0 Å². The summed E-state index contributed by atoms with van der Waals surface area (Å²) in [5.41, 5.74) is 8.57. The van der Waals surface area contributed by atoms with Gasteiger partial charge in [-0.25, -0.2) is 0 Å². The average Bonchev–Trinajstić information content (AvgIpc) is 2.41. The fourth-order valence-corrected chi connectivity index (χ4v) is 2.23. The highest BCUT2D eigenvalue weighted by molar-refractivity contribution is 6.34. The van der Waals surface area contributed by atoms with Crippen LogP contribution in [0.1, 0.15) is 29.3 Å². The first kappa shape index (κ1) is 14.4. The molecule has 0 aliphatic heterocycles. The number of hydrogen-bond acceptors (Lipinski definition) is 2. The largest absolute Gasteiger partial charge is 0.399 e. The Kier molecular flexibility index (Phi) is 4.64. The number of nitrogen functional groups attached to an aromatic ring is 1. The first-order chi connectivity index (χ1) is 9.60. The highest BCUT2D eigenvalue weighted by atomic mass is 35.5. The molecule has 3 N–H and O–H groups in total. The Hall–Kier alpha value is -2.00. The molecule has 1 amide bonds. The Morgan fingerprint density at radius 2 is 1.90 bits per heavy atom. The van der Waals surface area contributed by atoms with E-state index in [0.29, 0.717) is 16.3 Å². The van der Waals surface area contributed by atoms with Gasteiger partial charge in [-0.15, -0.1) is 0 Å². The van der Waals surface area contributed by atoms with E-state index in [1.807, 2.05) is 24.3 Å². The molecule has 2 aromatic rings. The van der Waals surface area contributed by atoms with Crippen LogP contribution in [0.3, 0.4) is 0 Å². The second kappa shape index (κ2) is 6.44. The van der Waals surface area contributed by atoms with E-state index in [4.69, 9.17) is 17.3 Å². The van der Waals surface area contributed by atoms with E-state index in [2.05, 4.69) is 12.2 Å². The van der Waals surface area contributed by atoms with Crippen LogP contribution in [0.15, 0.2) is 42.5 Å². The van der Waals surface area contributed by atoms with Crippen LogP contribution in [0.5, 0.6) is 0 Å². The Morgan fingerprint density at radius 3 is 2.50 bits per heavy atom. The SMILES string of the molecule is CCCc1ccc(NC(=O)c2ccc(N)cc2Cl)cc1. The molecule has 0 saturated heterocycles. The smallest absolute Gasteiger partial charge is 0.257 e. The first-order valence-electron chi connectivity index (χ1n) is 6.55. The van der Waals surface area contributed by atoms with Gasteiger partial charge in [-0.3, -0.25) is 4.79 Å². The van der Waals surface area contributed by atoms with Crippen molar-refractivity contribution in [1.29, 1.82) is 0 Å². The molecule has 0 spiro atoms. The van der Waals surface area contributed by atoms with Gasteiger partial charge in [-0.2, -0.15) is 0 Å². The molecule has 0 radical (unpaired) electrons. The summed E-state index contributed by atoms with van der Waals surface area (Å²) in [6, 6.07) is 12.7. The van der Waals surface area contributed by atoms with Gasteiger partial charge in [0.2, 0.25) is 0 Å². The van der Waals surface area contributed by atoms with Crippen molar-refractivity contribution in [3.8, 4) is 0 Å². The summed E-state index contributed by atoms with van der Waals surface area (Å²) in [6.45, 7) is 2.14. The van der Waals surface area contributed by atoms with Crippen LogP contribution < -0.4 is 11.1 Å². The number of hydrogen-bond donors (Lipinski definition) is 2. The summed E-state index contributed by atoms with van der Waals surface area (Å²) in [5, 5.41) is 3.18. The topological polar surface area (TPSA) is 55.1 Å². The van der Waals surface area contributed by atoms with Crippen molar-refractivity contribution in [2.75, 3.05) is 11.1 Å². The number of benzene rings is 2. The summed E-state index contributed by atoms with van der Waals surface area (Å²) in [6.07, 6.45) is 2.14. The van der Waals surface area contributed by atoms with Crippen LogP contribution in [-0.2, 0) is 6.42 Å².